The number of hydrogen-bond acceptors (Lipinski definition) is 1. The maximum absolute atomic E-state index is 11.9. The van der Waals surface area contributed by atoms with Gasteiger partial charge in [0.05, 0.1) is 6.42 Å². The molecule has 1 rings (SSSR count). The van der Waals surface area contributed by atoms with Gasteiger partial charge in [0.2, 0.25) is 5.91 Å². The van der Waals surface area contributed by atoms with Gasteiger partial charge in [-0.15, -0.1) is 0 Å². The molecule has 2 nitrogen and oxygen atoms in total. The highest BCUT2D eigenvalue weighted by Crippen LogP contribution is 2.13. The number of alkyl halides is 1. The Morgan fingerprint density at radius 1 is 1.32 bits per heavy atom. The first-order valence-electron chi connectivity index (χ1n) is 6.85. The van der Waals surface area contributed by atoms with Crippen LogP contribution in [0.5, 0.6) is 0 Å². The quantitative estimate of drug-likeness (QED) is 0.792. The summed E-state index contributed by atoms with van der Waals surface area (Å²) in [6, 6.07) is 6.24. The van der Waals surface area contributed by atoms with E-state index in [1.54, 1.807) is 0 Å². The Bertz CT molecular complexity index is 429. The van der Waals surface area contributed by atoms with Gasteiger partial charge in [-0.3, -0.25) is 4.79 Å². The van der Waals surface area contributed by atoms with E-state index in [0.717, 1.165) is 12.0 Å². The van der Waals surface area contributed by atoms with Crippen LogP contribution in [-0.2, 0) is 11.2 Å². The van der Waals surface area contributed by atoms with Gasteiger partial charge in [-0.1, -0.05) is 53.5 Å². The van der Waals surface area contributed by atoms with Crippen molar-refractivity contribution >= 4 is 21.8 Å². The third-order valence-corrected chi connectivity index (χ3v) is 3.80. The fourth-order valence-corrected chi connectivity index (χ4v) is 2.96. The molecule has 0 radical (unpaired) electrons. The molecule has 0 heterocycles. The fourth-order valence-electron chi connectivity index (χ4n) is 2.05. The van der Waals surface area contributed by atoms with E-state index in [1.165, 1.54) is 11.1 Å². The molecule has 1 N–H and O–H groups in total. The highest BCUT2D eigenvalue weighted by atomic mass is 79.9. The monoisotopic (exact) mass is 325 g/mol. The topological polar surface area (TPSA) is 29.1 Å². The zero-order valence-corrected chi connectivity index (χ0v) is 13.9. The maximum Gasteiger partial charge on any atom is 0.224 e. The Morgan fingerprint density at radius 3 is 2.63 bits per heavy atom. The second-order valence-corrected chi connectivity index (χ2v) is 6.93. The van der Waals surface area contributed by atoms with Crippen LogP contribution in [0.1, 0.15) is 37.0 Å². The third-order valence-electron chi connectivity index (χ3n) is 3.10. The van der Waals surface area contributed by atoms with Gasteiger partial charge >= 0.3 is 0 Å². The summed E-state index contributed by atoms with van der Waals surface area (Å²) in [4.78, 5) is 12.3. The number of rotatable bonds is 6. The lowest BCUT2D eigenvalue weighted by Gasteiger charge is -2.14. The van der Waals surface area contributed by atoms with Crippen LogP contribution < -0.4 is 5.32 Å². The van der Waals surface area contributed by atoms with E-state index in [0.29, 0.717) is 23.7 Å². The van der Waals surface area contributed by atoms with Crippen molar-refractivity contribution in [3.05, 3.63) is 34.9 Å². The zero-order valence-electron chi connectivity index (χ0n) is 12.3. The van der Waals surface area contributed by atoms with Crippen LogP contribution in [0, 0.1) is 19.8 Å². The van der Waals surface area contributed by atoms with E-state index >= 15 is 0 Å². The number of aryl methyl sites for hydroxylation is 2. The molecular formula is C16H24BrNO. The smallest absolute Gasteiger partial charge is 0.224 e. The van der Waals surface area contributed by atoms with E-state index in [1.807, 2.05) is 6.92 Å². The summed E-state index contributed by atoms with van der Waals surface area (Å²) in [5.74, 6) is 0.738. The average molecular weight is 326 g/mol. The third kappa shape index (κ3) is 6.24. The van der Waals surface area contributed by atoms with Gasteiger partial charge in [-0.25, -0.2) is 0 Å². The normalized spacial score (nSPS) is 12.5. The highest BCUT2D eigenvalue weighted by molar-refractivity contribution is 9.09. The molecule has 0 saturated heterocycles. The van der Waals surface area contributed by atoms with Crippen LogP contribution in [0.15, 0.2) is 18.2 Å². The molecule has 0 aliphatic rings. The van der Waals surface area contributed by atoms with Crippen molar-refractivity contribution in [3.63, 3.8) is 0 Å². The van der Waals surface area contributed by atoms with E-state index in [9.17, 15) is 4.79 Å². The molecule has 1 amide bonds. The predicted octanol–water partition coefficient (Wildman–Crippen LogP) is 3.77. The van der Waals surface area contributed by atoms with Crippen molar-refractivity contribution in [2.45, 2.75) is 45.4 Å². The van der Waals surface area contributed by atoms with Crippen molar-refractivity contribution in [1.29, 1.82) is 0 Å². The van der Waals surface area contributed by atoms with Gasteiger partial charge < -0.3 is 5.32 Å². The first-order chi connectivity index (χ1) is 8.88. The molecule has 1 aromatic carbocycles. The Labute approximate surface area is 125 Å². The average Bonchev–Trinajstić information content (AvgIpc) is 2.30. The van der Waals surface area contributed by atoms with Gasteiger partial charge in [0.15, 0.2) is 0 Å². The van der Waals surface area contributed by atoms with Gasteiger partial charge in [-0.05, 0) is 37.3 Å². The first kappa shape index (κ1) is 16.2. The number of amides is 1. The van der Waals surface area contributed by atoms with Crippen molar-refractivity contribution < 1.29 is 4.79 Å². The molecule has 1 atom stereocenters. The van der Waals surface area contributed by atoms with Crippen LogP contribution >= 0.6 is 15.9 Å². The first-order valence-corrected chi connectivity index (χ1v) is 7.77. The Hall–Kier alpha value is -0.830. The van der Waals surface area contributed by atoms with Crippen LogP contribution in [0.3, 0.4) is 0 Å². The molecular weight excluding hydrogens is 302 g/mol. The molecule has 3 heteroatoms. The second-order valence-electron chi connectivity index (χ2n) is 5.64. The molecule has 106 valence electrons. The molecule has 0 bridgehead atoms. The fraction of sp³-hybridized carbons (Fsp3) is 0.562. The summed E-state index contributed by atoms with van der Waals surface area (Å²) in [5.41, 5.74) is 3.50. The Morgan fingerprint density at radius 2 is 2.00 bits per heavy atom. The number of nitrogens with one attached hydrogen (secondary N) is 1. The van der Waals surface area contributed by atoms with E-state index in [-0.39, 0.29) is 5.91 Å². The predicted molar refractivity (Wildman–Crippen MR) is 84.8 cm³/mol. The second kappa shape index (κ2) is 7.68. The number of halogens is 1. The number of carbonyl (C=O) groups is 1. The number of hydrogen-bond donors (Lipinski definition) is 1. The van der Waals surface area contributed by atoms with Crippen molar-refractivity contribution in [2.75, 3.05) is 6.54 Å². The van der Waals surface area contributed by atoms with Gasteiger partial charge in [-0.2, -0.15) is 0 Å². The molecule has 19 heavy (non-hydrogen) atoms. The molecule has 0 fully saturated rings. The van der Waals surface area contributed by atoms with Gasteiger partial charge in [0, 0.05) is 11.4 Å². The van der Waals surface area contributed by atoms with Crippen LogP contribution in [0.2, 0.25) is 0 Å². The van der Waals surface area contributed by atoms with E-state index in [4.69, 9.17) is 0 Å². The summed E-state index contributed by atoms with van der Waals surface area (Å²) in [7, 11) is 0. The zero-order chi connectivity index (χ0) is 14.4. The highest BCUT2D eigenvalue weighted by Gasteiger charge is 2.10. The lowest BCUT2D eigenvalue weighted by molar-refractivity contribution is -0.120. The standard InChI is InChI=1S/C16H24BrNO/c1-11(2)7-15(17)10-18-16(19)9-14-8-12(3)5-6-13(14)4/h5-6,8,11,15H,7,9-10H2,1-4H3,(H,18,19). The SMILES string of the molecule is Cc1ccc(C)c(CC(=O)NCC(Br)CC(C)C)c1. The van der Waals surface area contributed by atoms with Crippen molar-refractivity contribution in [2.24, 2.45) is 5.92 Å². The van der Waals surface area contributed by atoms with E-state index in [2.05, 4.69) is 60.2 Å². The van der Waals surface area contributed by atoms with Crippen LogP contribution in [0.25, 0.3) is 0 Å². The lowest BCUT2D eigenvalue weighted by Crippen LogP contribution is -2.31. The largest absolute Gasteiger partial charge is 0.355 e. The molecule has 0 aliphatic heterocycles. The Kier molecular flexibility index (Phi) is 6.56. The number of carbonyl (C=O) groups excluding carboxylic acids is 1. The molecule has 0 spiro atoms. The van der Waals surface area contributed by atoms with Crippen molar-refractivity contribution in [1.82, 2.24) is 5.32 Å². The summed E-state index contributed by atoms with van der Waals surface area (Å²) >= 11 is 3.60. The van der Waals surface area contributed by atoms with Crippen LogP contribution in [-0.4, -0.2) is 17.3 Å². The lowest BCUT2D eigenvalue weighted by atomic mass is 10.0. The molecule has 0 aromatic heterocycles. The molecule has 1 aromatic rings. The summed E-state index contributed by atoms with van der Waals surface area (Å²) in [5, 5.41) is 3.00. The summed E-state index contributed by atoms with van der Waals surface area (Å²) in [6.07, 6.45) is 1.54. The molecule has 1 unspecified atom stereocenters. The summed E-state index contributed by atoms with van der Waals surface area (Å²) in [6.45, 7) is 9.17. The summed E-state index contributed by atoms with van der Waals surface area (Å²) < 4.78 is 0. The minimum atomic E-state index is 0.0990. The molecule has 0 aliphatic carbocycles. The van der Waals surface area contributed by atoms with E-state index < -0.39 is 0 Å². The number of benzene rings is 1. The van der Waals surface area contributed by atoms with Gasteiger partial charge in [0.25, 0.3) is 0 Å². The van der Waals surface area contributed by atoms with Crippen molar-refractivity contribution in [3.8, 4) is 0 Å². The minimum Gasteiger partial charge on any atom is -0.355 e. The van der Waals surface area contributed by atoms with Gasteiger partial charge in [0.1, 0.15) is 0 Å². The van der Waals surface area contributed by atoms with Crippen LogP contribution in [0.4, 0.5) is 0 Å². The maximum atomic E-state index is 11.9. The molecule has 0 saturated carbocycles. The minimum absolute atomic E-state index is 0.0990. The Balaban J connectivity index is 2.45.